The Bertz CT molecular complexity index is 508. The highest BCUT2D eigenvalue weighted by atomic mass is 127. The van der Waals surface area contributed by atoms with Gasteiger partial charge in [0.15, 0.2) is 0 Å². The molecule has 0 atom stereocenters. The number of benzene rings is 1. The van der Waals surface area contributed by atoms with Gasteiger partial charge in [-0.05, 0) is 59.8 Å². The van der Waals surface area contributed by atoms with E-state index in [1.807, 2.05) is 24.3 Å². The molecule has 0 saturated carbocycles. The lowest BCUT2D eigenvalue weighted by molar-refractivity contribution is 0.484. The summed E-state index contributed by atoms with van der Waals surface area (Å²) in [6.45, 7) is 5.25. The van der Waals surface area contributed by atoms with Crippen LogP contribution in [0.3, 0.4) is 0 Å². The molecule has 1 aromatic heterocycles. The lowest BCUT2D eigenvalue weighted by atomic mass is 10.2. The van der Waals surface area contributed by atoms with E-state index in [4.69, 9.17) is 4.42 Å². The van der Waals surface area contributed by atoms with E-state index in [1.54, 1.807) is 0 Å². The molecule has 2 aromatic rings. The molecule has 0 spiro atoms. The number of aromatic nitrogens is 2. The van der Waals surface area contributed by atoms with Crippen molar-refractivity contribution in [3.05, 3.63) is 33.7 Å². The Labute approximate surface area is 127 Å². The molecule has 1 aromatic carbocycles. The predicted octanol–water partition coefficient (Wildman–Crippen LogP) is 3.27. The summed E-state index contributed by atoms with van der Waals surface area (Å²) in [5, 5.41) is 11.5. The summed E-state index contributed by atoms with van der Waals surface area (Å²) in [6, 6.07) is 8.59. The summed E-state index contributed by atoms with van der Waals surface area (Å²) in [6.07, 6.45) is 1.82. The van der Waals surface area contributed by atoms with Crippen molar-refractivity contribution in [1.29, 1.82) is 0 Å². The lowest BCUT2D eigenvalue weighted by Crippen LogP contribution is -2.23. The molecule has 0 aliphatic rings. The first-order chi connectivity index (χ1) is 9.15. The molecule has 102 valence electrons. The van der Waals surface area contributed by atoms with Crippen LogP contribution in [0.5, 0.6) is 0 Å². The Morgan fingerprint density at radius 3 is 2.63 bits per heavy atom. The summed E-state index contributed by atoms with van der Waals surface area (Å²) < 4.78 is 6.86. The van der Waals surface area contributed by atoms with Crippen molar-refractivity contribution in [3.8, 4) is 11.5 Å². The molecular weight excluding hydrogens is 353 g/mol. The standard InChI is InChI=1S/C14H18IN3O/c1-10(2)16-9-3-4-13-17-18-14(19-13)11-5-7-12(15)8-6-11/h5-8,10,16H,3-4,9H2,1-2H3. The maximum absolute atomic E-state index is 5.66. The molecule has 0 saturated heterocycles. The van der Waals surface area contributed by atoms with Crippen LogP contribution in [0, 0.1) is 3.57 Å². The summed E-state index contributed by atoms with van der Waals surface area (Å²) in [5.41, 5.74) is 0.972. The zero-order chi connectivity index (χ0) is 13.7. The van der Waals surface area contributed by atoms with Crippen LogP contribution in [0.2, 0.25) is 0 Å². The fourth-order valence-corrected chi connectivity index (χ4v) is 2.05. The smallest absolute Gasteiger partial charge is 0.247 e. The van der Waals surface area contributed by atoms with E-state index in [1.165, 1.54) is 3.57 Å². The quantitative estimate of drug-likeness (QED) is 0.626. The van der Waals surface area contributed by atoms with Gasteiger partial charge in [-0.1, -0.05) is 13.8 Å². The largest absolute Gasteiger partial charge is 0.421 e. The highest BCUT2D eigenvalue weighted by Gasteiger charge is 2.08. The fraction of sp³-hybridized carbons (Fsp3) is 0.429. The normalized spacial score (nSPS) is 11.2. The SMILES string of the molecule is CC(C)NCCCc1nnc(-c2ccc(I)cc2)o1. The topological polar surface area (TPSA) is 51.0 Å². The van der Waals surface area contributed by atoms with E-state index in [9.17, 15) is 0 Å². The third kappa shape index (κ3) is 4.58. The first kappa shape index (κ1) is 14.5. The molecule has 4 nitrogen and oxygen atoms in total. The molecule has 0 bridgehead atoms. The minimum Gasteiger partial charge on any atom is -0.421 e. The van der Waals surface area contributed by atoms with Gasteiger partial charge >= 0.3 is 0 Å². The van der Waals surface area contributed by atoms with E-state index in [0.29, 0.717) is 17.8 Å². The van der Waals surface area contributed by atoms with Crippen molar-refractivity contribution >= 4 is 22.6 Å². The van der Waals surface area contributed by atoms with E-state index in [2.05, 4.69) is 52.0 Å². The van der Waals surface area contributed by atoms with E-state index < -0.39 is 0 Å². The molecule has 2 rings (SSSR count). The summed E-state index contributed by atoms with van der Waals surface area (Å²) in [7, 11) is 0. The first-order valence-electron chi connectivity index (χ1n) is 6.47. The number of halogens is 1. The molecule has 19 heavy (non-hydrogen) atoms. The summed E-state index contributed by atoms with van der Waals surface area (Å²) in [4.78, 5) is 0. The number of rotatable bonds is 6. The maximum Gasteiger partial charge on any atom is 0.247 e. The van der Waals surface area contributed by atoms with Gasteiger partial charge in [-0.2, -0.15) is 0 Å². The Balaban J connectivity index is 1.90. The Morgan fingerprint density at radius 1 is 1.21 bits per heavy atom. The molecule has 0 aliphatic carbocycles. The van der Waals surface area contributed by atoms with E-state index >= 15 is 0 Å². The van der Waals surface area contributed by atoms with E-state index in [-0.39, 0.29) is 0 Å². The van der Waals surface area contributed by atoms with Gasteiger partial charge in [0.2, 0.25) is 11.8 Å². The molecular formula is C14H18IN3O. The zero-order valence-electron chi connectivity index (χ0n) is 11.2. The van der Waals surface area contributed by atoms with Crippen LogP contribution in [-0.4, -0.2) is 22.8 Å². The van der Waals surface area contributed by atoms with Crippen LogP contribution in [-0.2, 0) is 6.42 Å². The van der Waals surface area contributed by atoms with E-state index in [0.717, 1.165) is 24.9 Å². The molecule has 0 unspecified atom stereocenters. The van der Waals surface area contributed by atoms with Gasteiger partial charge in [0.25, 0.3) is 0 Å². The second-order valence-corrected chi connectivity index (χ2v) is 5.97. The number of nitrogens with one attached hydrogen (secondary N) is 1. The first-order valence-corrected chi connectivity index (χ1v) is 7.55. The van der Waals surface area contributed by atoms with Gasteiger partial charge in [-0.25, -0.2) is 0 Å². The Kier molecular flexibility index (Phi) is 5.33. The second-order valence-electron chi connectivity index (χ2n) is 4.72. The van der Waals surface area contributed by atoms with Crippen LogP contribution < -0.4 is 5.32 Å². The molecule has 0 fully saturated rings. The molecule has 0 radical (unpaired) electrons. The van der Waals surface area contributed by atoms with Crippen molar-refractivity contribution in [3.63, 3.8) is 0 Å². The fourth-order valence-electron chi connectivity index (χ4n) is 1.69. The average Bonchev–Trinajstić information content (AvgIpc) is 2.84. The van der Waals surface area contributed by atoms with Crippen LogP contribution >= 0.6 is 22.6 Å². The lowest BCUT2D eigenvalue weighted by Gasteiger charge is -2.05. The predicted molar refractivity (Wildman–Crippen MR) is 83.9 cm³/mol. The van der Waals surface area contributed by atoms with Gasteiger partial charge in [-0.3, -0.25) is 0 Å². The van der Waals surface area contributed by atoms with Gasteiger partial charge in [0.1, 0.15) is 0 Å². The van der Waals surface area contributed by atoms with Crippen molar-refractivity contribution in [2.45, 2.75) is 32.7 Å². The van der Waals surface area contributed by atoms with Gasteiger partial charge < -0.3 is 9.73 Å². The molecule has 1 N–H and O–H groups in total. The van der Waals surface area contributed by atoms with Gasteiger partial charge in [-0.15, -0.1) is 10.2 Å². The van der Waals surface area contributed by atoms with Crippen molar-refractivity contribution in [2.75, 3.05) is 6.54 Å². The van der Waals surface area contributed by atoms with Gasteiger partial charge in [0, 0.05) is 21.6 Å². The Morgan fingerprint density at radius 2 is 1.95 bits per heavy atom. The van der Waals surface area contributed by atoms with Crippen molar-refractivity contribution in [1.82, 2.24) is 15.5 Å². The monoisotopic (exact) mass is 371 g/mol. The number of nitrogens with zero attached hydrogens (tertiary/aromatic N) is 2. The Hall–Kier alpha value is -0.950. The zero-order valence-corrected chi connectivity index (χ0v) is 13.3. The second kappa shape index (κ2) is 7.00. The van der Waals surface area contributed by atoms with Crippen molar-refractivity contribution < 1.29 is 4.42 Å². The van der Waals surface area contributed by atoms with Crippen LogP contribution in [0.15, 0.2) is 28.7 Å². The molecule has 0 aliphatic heterocycles. The number of aryl methyl sites for hydroxylation is 1. The van der Waals surface area contributed by atoms with Crippen molar-refractivity contribution in [2.24, 2.45) is 0 Å². The van der Waals surface area contributed by atoms with Crippen LogP contribution in [0.25, 0.3) is 11.5 Å². The molecule has 5 heteroatoms. The van der Waals surface area contributed by atoms with Crippen LogP contribution in [0.4, 0.5) is 0 Å². The minimum absolute atomic E-state index is 0.519. The third-order valence-corrected chi connectivity index (χ3v) is 3.40. The highest BCUT2D eigenvalue weighted by molar-refractivity contribution is 14.1. The highest BCUT2D eigenvalue weighted by Crippen LogP contribution is 2.19. The summed E-state index contributed by atoms with van der Waals surface area (Å²) in [5.74, 6) is 1.31. The third-order valence-electron chi connectivity index (χ3n) is 2.68. The number of hydrogen-bond donors (Lipinski definition) is 1. The maximum atomic E-state index is 5.66. The minimum atomic E-state index is 0.519. The molecule has 0 amide bonds. The van der Waals surface area contributed by atoms with Crippen LogP contribution in [0.1, 0.15) is 26.2 Å². The average molecular weight is 371 g/mol. The number of hydrogen-bond acceptors (Lipinski definition) is 4. The molecule has 1 heterocycles. The van der Waals surface area contributed by atoms with Gasteiger partial charge in [0.05, 0.1) is 0 Å². The summed E-state index contributed by atoms with van der Waals surface area (Å²) >= 11 is 2.28.